The Labute approximate surface area is 279 Å². The lowest BCUT2D eigenvalue weighted by Crippen LogP contribution is -2.39. The molecule has 47 heavy (non-hydrogen) atoms. The number of hydrogen-bond acceptors (Lipinski definition) is 9. The van der Waals surface area contributed by atoms with Crippen molar-refractivity contribution in [3.05, 3.63) is 95.6 Å². The van der Waals surface area contributed by atoms with Gasteiger partial charge >= 0.3 is 0 Å². The van der Waals surface area contributed by atoms with E-state index in [1.165, 1.54) is 8.61 Å². The second-order valence-electron chi connectivity index (χ2n) is 11.2. The highest BCUT2D eigenvalue weighted by atomic mass is 32.2. The van der Waals surface area contributed by atoms with Crippen molar-refractivity contribution in [2.75, 3.05) is 79.0 Å². The fourth-order valence-electron chi connectivity index (χ4n) is 4.81. The Hall–Kier alpha value is -2.72. The lowest BCUT2D eigenvalue weighted by atomic mass is 10.2. The third kappa shape index (κ3) is 11.7. The van der Waals surface area contributed by atoms with Crippen molar-refractivity contribution >= 4 is 20.0 Å². The maximum Gasteiger partial charge on any atom is 0.243 e. The van der Waals surface area contributed by atoms with E-state index in [0.717, 1.165) is 16.7 Å². The Bertz CT molecular complexity index is 1550. The van der Waals surface area contributed by atoms with Gasteiger partial charge in [0.05, 0.1) is 69.3 Å². The largest absolute Gasteiger partial charge is 0.378 e. The summed E-state index contributed by atoms with van der Waals surface area (Å²) in [6, 6.07) is 23.2. The van der Waals surface area contributed by atoms with Crippen LogP contribution in [-0.4, -0.2) is 111 Å². The summed E-state index contributed by atoms with van der Waals surface area (Å²) in [6.07, 6.45) is -0.525. The van der Waals surface area contributed by atoms with Crippen molar-refractivity contribution in [3.63, 3.8) is 0 Å². The molecule has 0 N–H and O–H groups in total. The lowest BCUT2D eigenvalue weighted by molar-refractivity contribution is -0.0661. The van der Waals surface area contributed by atoms with E-state index in [0.29, 0.717) is 6.61 Å². The molecule has 3 aromatic rings. The van der Waals surface area contributed by atoms with Gasteiger partial charge in [0, 0.05) is 26.2 Å². The van der Waals surface area contributed by atoms with Gasteiger partial charge in [0.2, 0.25) is 20.0 Å². The average molecular weight is 691 g/mol. The van der Waals surface area contributed by atoms with Crippen molar-refractivity contribution in [2.45, 2.75) is 36.3 Å². The zero-order valence-corrected chi connectivity index (χ0v) is 28.8. The van der Waals surface area contributed by atoms with Crippen molar-refractivity contribution in [1.29, 1.82) is 0 Å². The van der Waals surface area contributed by atoms with Crippen LogP contribution in [0.4, 0.5) is 0 Å². The van der Waals surface area contributed by atoms with Crippen LogP contribution in [0, 0.1) is 13.8 Å². The highest BCUT2D eigenvalue weighted by Crippen LogP contribution is 2.18. The molecule has 0 unspecified atom stereocenters. The molecule has 1 saturated heterocycles. The summed E-state index contributed by atoms with van der Waals surface area (Å²) in [5.74, 6) is 0. The molecule has 13 heteroatoms. The number of ether oxygens (including phenoxy) is 5. The van der Waals surface area contributed by atoms with E-state index >= 15 is 0 Å². The number of aryl methyl sites for hydroxylation is 2. The van der Waals surface area contributed by atoms with Gasteiger partial charge in [-0.15, -0.1) is 0 Å². The van der Waals surface area contributed by atoms with E-state index in [1.807, 2.05) is 44.2 Å². The second kappa shape index (κ2) is 18.7. The fraction of sp³-hybridized carbons (Fsp3) is 0.471. The quantitative estimate of drug-likeness (QED) is 0.349. The first-order chi connectivity index (χ1) is 22.7. The summed E-state index contributed by atoms with van der Waals surface area (Å²) in [7, 11) is -7.59. The number of benzene rings is 3. The Balaban J connectivity index is 1.45. The lowest BCUT2D eigenvalue weighted by Gasteiger charge is -2.25. The van der Waals surface area contributed by atoms with Gasteiger partial charge in [0.15, 0.2) is 0 Å². The second-order valence-corrected chi connectivity index (χ2v) is 15.1. The van der Waals surface area contributed by atoms with Crippen molar-refractivity contribution in [2.24, 2.45) is 0 Å². The number of hydrogen-bond donors (Lipinski definition) is 0. The highest BCUT2D eigenvalue weighted by molar-refractivity contribution is 7.89. The Morgan fingerprint density at radius 3 is 1.60 bits per heavy atom. The van der Waals surface area contributed by atoms with E-state index in [1.54, 1.807) is 48.5 Å². The van der Waals surface area contributed by atoms with Crippen LogP contribution < -0.4 is 0 Å². The smallest absolute Gasteiger partial charge is 0.243 e. The van der Waals surface area contributed by atoms with Crippen molar-refractivity contribution in [3.8, 4) is 0 Å². The minimum Gasteiger partial charge on any atom is -0.378 e. The predicted molar refractivity (Wildman–Crippen MR) is 178 cm³/mol. The molecule has 0 spiro atoms. The van der Waals surface area contributed by atoms with Crippen LogP contribution in [0.2, 0.25) is 0 Å². The molecule has 1 heterocycles. The van der Waals surface area contributed by atoms with Crippen LogP contribution in [0.15, 0.2) is 88.7 Å². The van der Waals surface area contributed by atoms with Gasteiger partial charge in [-0.2, -0.15) is 8.61 Å². The zero-order chi connectivity index (χ0) is 33.5. The molecule has 0 aliphatic carbocycles. The maximum atomic E-state index is 13.6. The molecule has 0 radical (unpaired) electrons. The third-order valence-corrected chi connectivity index (χ3v) is 11.4. The monoisotopic (exact) mass is 690 g/mol. The van der Waals surface area contributed by atoms with Gasteiger partial charge in [-0.1, -0.05) is 65.7 Å². The summed E-state index contributed by atoms with van der Waals surface area (Å²) in [4.78, 5) is 0.402. The minimum atomic E-state index is -3.81. The summed E-state index contributed by atoms with van der Waals surface area (Å²) in [5.41, 5.74) is 2.93. The van der Waals surface area contributed by atoms with Crippen LogP contribution in [0.25, 0.3) is 0 Å². The number of rotatable bonds is 8. The van der Waals surface area contributed by atoms with Gasteiger partial charge in [-0.25, -0.2) is 16.8 Å². The van der Waals surface area contributed by atoms with Crippen LogP contribution in [0.1, 0.15) is 16.7 Å². The predicted octanol–water partition coefficient (Wildman–Crippen LogP) is 3.65. The van der Waals surface area contributed by atoms with Gasteiger partial charge in [0.25, 0.3) is 0 Å². The fourth-order valence-corrected chi connectivity index (χ4v) is 7.62. The summed E-state index contributed by atoms with van der Waals surface area (Å²) < 4.78 is 86.2. The van der Waals surface area contributed by atoms with E-state index < -0.39 is 26.2 Å². The van der Waals surface area contributed by atoms with Gasteiger partial charge < -0.3 is 23.7 Å². The topological polar surface area (TPSA) is 121 Å². The number of sulfonamides is 2. The first-order valence-corrected chi connectivity index (χ1v) is 18.6. The van der Waals surface area contributed by atoms with Gasteiger partial charge in [0.1, 0.15) is 6.10 Å². The molecule has 1 aliphatic heterocycles. The Morgan fingerprint density at radius 2 is 1.09 bits per heavy atom. The molecule has 1 aliphatic rings. The van der Waals surface area contributed by atoms with Crippen LogP contribution >= 0.6 is 0 Å². The maximum absolute atomic E-state index is 13.6. The Kier molecular flexibility index (Phi) is 14.8. The van der Waals surface area contributed by atoms with Crippen LogP contribution in [0.5, 0.6) is 0 Å². The molecule has 0 aromatic heterocycles. The van der Waals surface area contributed by atoms with E-state index in [-0.39, 0.29) is 88.8 Å². The first kappa shape index (κ1) is 37.1. The SMILES string of the molecule is Cc1ccc(S(=O)(=O)N2CCOCCOCCN(S(=O)(=O)c3ccc(C)cc3)CCO[C@H](COCc3ccccc3)COCC2)cc1. The molecule has 3 aromatic carbocycles. The minimum absolute atomic E-state index is 0.0881. The van der Waals surface area contributed by atoms with E-state index in [2.05, 4.69) is 0 Å². The molecule has 4 rings (SSSR count). The average Bonchev–Trinajstić information content (AvgIpc) is 3.06. The van der Waals surface area contributed by atoms with Gasteiger partial charge in [-0.3, -0.25) is 0 Å². The van der Waals surface area contributed by atoms with Gasteiger partial charge in [-0.05, 0) is 43.7 Å². The molecule has 11 nitrogen and oxygen atoms in total. The molecule has 258 valence electrons. The molecular formula is C34H46N2O9S2. The van der Waals surface area contributed by atoms with Crippen LogP contribution in [-0.2, 0) is 50.3 Å². The van der Waals surface area contributed by atoms with Crippen molar-refractivity contribution < 1.29 is 40.5 Å². The summed E-state index contributed by atoms with van der Waals surface area (Å²) in [6.45, 7) is 5.90. The normalized spacial score (nSPS) is 19.5. The molecular weight excluding hydrogens is 645 g/mol. The first-order valence-electron chi connectivity index (χ1n) is 15.8. The summed E-state index contributed by atoms with van der Waals surface area (Å²) >= 11 is 0. The molecule has 0 amide bonds. The molecule has 0 saturated carbocycles. The summed E-state index contributed by atoms with van der Waals surface area (Å²) in [5, 5.41) is 0. The Morgan fingerprint density at radius 1 is 0.617 bits per heavy atom. The van der Waals surface area contributed by atoms with E-state index in [9.17, 15) is 16.8 Å². The van der Waals surface area contributed by atoms with Crippen molar-refractivity contribution in [1.82, 2.24) is 8.61 Å². The standard InChI is InChI=1S/C34H46N2O9S2/c1-29-8-12-33(13-9-29)46(37,38)35-16-20-41-24-25-42-21-17-36(47(39,40)34-14-10-30(2)11-15-34)19-23-45-32(27-43-22-18-35)28-44-26-31-6-4-3-5-7-31/h3-15,32H,16-28H2,1-2H3/t32-/m0/s1. The number of nitrogens with zero attached hydrogens (tertiary/aromatic N) is 2. The van der Waals surface area contributed by atoms with E-state index in [4.69, 9.17) is 23.7 Å². The highest BCUT2D eigenvalue weighted by Gasteiger charge is 2.26. The molecule has 1 fully saturated rings. The zero-order valence-electron chi connectivity index (χ0n) is 27.2. The van der Waals surface area contributed by atoms with Crippen LogP contribution in [0.3, 0.4) is 0 Å². The molecule has 1 atom stereocenters. The third-order valence-electron chi connectivity index (χ3n) is 7.56. The molecule has 0 bridgehead atoms.